The Kier molecular flexibility index (Phi) is 3.83. The van der Waals surface area contributed by atoms with E-state index in [1.165, 1.54) is 0 Å². The molecular weight excluding hydrogens is 268 g/mol. The number of hydrogen-bond acceptors (Lipinski definition) is 6. The van der Waals surface area contributed by atoms with E-state index in [1.54, 1.807) is 23.4 Å². The van der Waals surface area contributed by atoms with Crippen LogP contribution in [0.3, 0.4) is 0 Å². The molecule has 7 nitrogen and oxygen atoms in total. The van der Waals surface area contributed by atoms with Crippen molar-refractivity contribution in [3.63, 3.8) is 0 Å². The van der Waals surface area contributed by atoms with E-state index in [4.69, 9.17) is 4.74 Å². The number of aromatic nitrogens is 5. The van der Waals surface area contributed by atoms with E-state index >= 15 is 0 Å². The van der Waals surface area contributed by atoms with Gasteiger partial charge in [0.1, 0.15) is 6.33 Å². The maximum atomic E-state index is 5.43. The zero-order chi connectivity index (χ0) is 14.5. The fourth-order valence-electron chi connectivity index (χ4n) is 1.77. The van der Waals surface area contributed by atoms with Crippen LogP contribution in [0.25, 0.3) is 5.69 Å². The van der Waals surface area contributed by atoms with Crippen LogP contribution < -0.4 is 10.1 Å². The van der Waals surface area contributed by atoms with Gasteiger partial charge in [-0.15, -0.1) is 5.10 Å². The molecule has 0 atom stereocenters. The molecule has 106 valence electrons. The monoisotopic (exact) mass is 282 g/mol. The zero-order valence-electron chi connectivity index (χ0n) is 11.5. The predicted octanol–water partition coefficient (Wildman–Crippen LogP) is 1.57. The molecule has 0 aliphatic carbocycles. The third-order valence-electron chi connectivity index (χ3n) is 2.74. The number of ether oxygens (including phenoxy) is 1. The Bertz CT molecular complexity index is 695. The van der Waals surface area contributed by atoms with Gasteiger partial charge >= 0.3 is 12.0 Å². The lowest BCUT2D eigenvalue weighted by Gasteiger charge is -2.01. The van der Waals surface area contributed by atoms with Gasteiger partial charge in [0.25, 0.3) is 0 Å². The van der Waals surface area contributed by atoms with E-state index in [0.717, 1.165) is 11.3 Å². The van der Waals surface area contributed by atoms with Gasteiger partial charge < -0.3 is 10.1 Å². The van der Waals surface area contributed by atoms with Gasteiger partial charge in [0.15, 0.2) is 0 Å². The summed E-state index contributed by atoms with van der Waals surface area (Å²) in [6.45, 7) is 0.709. The van der Waals surface area contributed by atoms with Crippen LogP contribution in [0.1, 0.15) is 5.56 Å². The molecule has 1 aromatic carbocycles. The van der Waals surface area contributed by atoms with Crippen molar-refractivity contribution in [3.8, 4) is 17.7 Å². The molecule has 0 amide bonds. The van der Waals surface area contributed by atoms with Crippen molar-refractivity contribution in [2.24, 2.45) is 0 Å². The second-order valence-electron chi connectivity index (χ2n) is 4.31. The summed E-state index contributed by atoms with van der Waals surface area (Å²) in [6.07, 6.45) is 4.99. The van der Waals surface area contributed by atoms with E-state index in [9.17, 15) is 0 Å². The number of nitrogens with one attached hydrogen (secondary N) is 1. The summed E-state index contributed by atoms with van der Waals surface area (Å²) in [5, 5.41) is 7.25. The summed E-state index contributed by atoms with van der Waals surface area (Å²) in [5.41, 5.74) is 1.89. The first-order chi connectivity index (χ1) is 10.3. The van der Waals surface area contributed by atoms with Gasteiger partial charge in [-0.2, -0.15) is 4.98 Å². The summed E-state index contributed by atoms with van der Waals surface area (Å²) in [5.74, 6) is 0. The summed E-state index contributed by atoms with van der Waals surface area (Å²) < 4.78 is 7.06. The van der Waals surface area contributed by atoms with Crippen LogP contribution in [0.15, 0.2) is 49.1 Å². The van der Waals surface area contributed by atoms with Crippen LogP contribution >= 0.6 is 0 Å². The van der Waals surface area contributed by atoms with Crippen molar-refractivity contribution in [3.05, 3.63) is 54.6 Å². The minimum Gasteiger partial charge on any atom is -0.387 e. The van der Waals surface area contributed by atoms with E-state index < -0.39 is 0 Å². The molecule has 0 radical (unpaired) electrons. The molecule has 0 saturated heterocycles. The summed E-state index contributed by atoms with van der Waals surface area (Å²) in [4.78, 5) is 12.3. The number of hydrogen-bond donors (Lipinski definition) is 1. The molecule has 7 heteroatoms. The Morgan fingerprint density at radius 2 is 1.81 bits per heavy atom. The van der Waals surface area contributed by atoms with Gasteiger partial charge in [-0.3, -0.25) is 0 Å². The fraction of sp³-hybridized carbons (Fsp3) is 0.143. The predicted molar refractivity (Wildman–Crippen MR) is 76.2 cm³/mol. The van der Waals surface area contributed by atoms with Crippen LogP contribution in [0.4, 0.5) is 0 Å². The van der Waals surface area contributed by atoms with Crippen molar-refractivity contribution in [1.82, 2.24) is 30.0 Å². The first-order valence-electron chi connectivity index (χ1n) is 6.45. The van der Waals surface area contributed by atoms with Crippen molar-refractivity contribution >= 4 is 0 Å². The fourth-order valence-corrected chi connectivity index (χ4v) is 1.77. The number of nitrogens with zero attached hydrogens (tertiary/aromatic N) is 5. The van der Waals surface area contributed by atoms with Crippen LogP contribution in [-0.2, 0) is 6.54 Å². The molecule has 21 heavy (non-hydrogen) atoms. The molecule has 0 spiro atoms. The maximum absolute atomic E-state index is 5.43. The molecule has 0 unspecified atom stereocenters. The summed E-state index contributed by atoms with van der Waals surface area (Å²) in [7, 11) is 1.87. The Balaban J connectivity index is 1.72. The molecule has 0 aliphatic heterocycles. The average molecular weight is 282 g/mol. The van der Waals surface area contributed by atoms with Crippen molar-refractivity contribution < 1.29 is 4.74 Å². The Morgan fingerprint density at radius 1 is 1.05 bits per heavy atom. The Labute approximate surface area is 121 Å². The summed E-state index contributed by atoms with van der Waals surface area (Å²) in [6, 6.07) is 10.1. The highest BCUT2D eigenvalue weighted by Gasteiger charge is 2.07. The molecule has 1 N–H and O–H groups in total. The number of para-hydroxylation sites is 1. The van der Waals surface area contributed by atoms with Gasteiger partial charge in [0, 0.05) is 24.5 Å². The molecule has 0 fully saturated rings. The van der Waals surface area contributed by atoms with Gasteiger partial charge in [0.05, 0.1) is 5.69 Å². The Hall–Kier alpha value is -2.80. The number of benzene rings is 1. The lowest BCUT2D eigenvalue weighted by molar-refractivity contribution is 0.406. The van der Waals surface area contributed by atoms with E-state index in [0.29, 0.717) is 6.54 Å². The van der Waals surface area contributed by atoms with Crippen LogP contribution in [0.2, 0.25) is 0 Å². The molecule has 0 aliphatic rings. The van der Waals surface area contributed by atoms with E-state index in [2.05, 4.69) is 25.4 Å². The lowest BCUT2D eigenvalue weighted by atomic mass is 10.3. The van der Waals surface area contributed by atoms with Crippen LogP contribution in [0, 0.1) is 0 Å². The quantitative estimate of drug-likeness (QED) is 0.765. The second-order valence-corrected chi connectivity index (χ2v) is 4.31. The van der Waals surface area contributed by atoms with Crippen molar-refractivity contribution in [2.75, 3.05) is 7.05 Å². The lowest BCUT2D eigenvalue weighted by Crippen LogP contribution is -2.06. The molecule has 3 rings (SSSR count). The zero-order valence-corrected chi connectivity index (χ0v) is 11.5. The normalized spacial score (nSPS) is 10.5. The van der Waals surface area contributed by atoms with E-state index in [1.807, 2.05) is 37.4 Å². The average Bonchev–Trinajstić information content (AvgIpc) is 2.99. The second kappa shape index (κ2) is 6.10. The molecule has 2 aromatic heterocycles. The highest BCUT2D eigenvalue weighted by atomic mass is 16.5. The molecular formula is C14H14N6O. The minimum absolute atomic E-state index is 0.209. The third-order valence-corrected chi connectivity index (χ3v) is 2.74. The van der Waals surface area contributed by atoms with Gasteiger partial charge in [-0.1, -0.05) is 18.2 Å². The first-order valence-corrected chi connectivity index (χ1v) is 6.45. The molecule has 0 bridgehead atoms. The standard InChI is InChI=1S/C14H14N6O/c1-15-7-11-8-16-13(17-9-11)21-14-18-10-20(19-14)12-5-3-2-4-6-12/h2-6,8-10,15H,7H2,1H3. The smallest absolute Gasteiger partial charge is 0.343 e. The highest BCUT2D eigenvalue weighted by Crippen LogP contribution is 2.13. The molecule has 3 aromatic rings. The van der Waals surface area contributed by atoms with Crippen LogP contribution in [0.5, 0.6) is 12.0 Å². The molecule has 2 heterocycles. The van der Waals surface area contributed by atoms with Gasteiger partial charge in [-0.05, 0) is 19.2 Å². The number of rotatable bonds is 5. The molecule has 0 saturated carbocycles. The SMILES string of the molecule is CNCc1cnc(Oc2ncn(-c3ccccc3)n2)nc1. The van der Waals surface area contributed by atoms with Gasteiger partial charge in [0.2, 0.25) is 0 Å². The van der Waals surface area contributed by atoms with Crippen molar-refractivity contribution in [1.29, 1.82) is 0 Å². The minimum atomic E-state index is 0.209. The highest BCUT2D eigenvalue weighted by molar-refractivity contribution is 5.29. The van der Waals surface area contributed by atoms with E-state index in [-0.39, 0.29) is 12.0 Å². The van der Waals surface area contributed by atoms with Crippen molar-refractivity contribution in [2.45, 2.75) is 6.54 Å². The third kappa shape index (κ3) is 3.21. The first kappa shape index (κ1) is 13.2. The largest absolute Gasteiger partial charge is 0.387 e. The van der Waals surface area contributed by atoms with Crippen LogP contribution in [-0.4, -0.2) is 31.8 Å². The topological polar surface area (TPSA) is 77.8 Å². The van der Waals surface area contributed by atoms with Gasteiger partial charge in [-0.25, -0.2) is 14.6 Å². The maximum Gasteiger partial charge on any atom is 0.343 e. The Morgan fingerprint density at radius 3 is 2.52 bits per heavy atom. The summed E-state index contributed by atoms with van der Waals surface area (Å²) >= 11 is 0.